The highest BCUT2D eigenvalue weighted by Crippen LogP contribution is 2.14. The summed E-state index contributed by atoms with van der Waals surface area (Å²) in [6.45, 7) is 12.6. The molecule has 1 atom stereocenters. The summed E-state index contributed by atoms with van der Waals surface area (Å²) in [5, 5.41) is 9.34. The number of carbonyl (C=O) groups excluding carboxylic acids is 1. The largest absolute Gasteiger partial charge is 0.339 e. The van der Waals surface area contributed by atoms with Gasteiger partial charge in [-0.3, -0.25) is 14.6 Å². The molecule has 2 rings (SSSR count). The molecule has 2 aliphatic rings. The third kappa shape index (κ3) is 6.12. The topological polar surface area (TPSA) is 100.0 Å². The van der Waals surface area contributed by atoms with Crippen LogP contribution < -0.4 is 4.72 Å². The lowest BCUT2D eigenvalue weighted by Gasteiger charge is -2.39. The Kier molecular flexibility index (Phi) is 8.21. The lowest BCUT2D eigenvalue weighted by Crippen LogP contribution is -2.57. The summed E-state index contributed by atoms with van der Waals surface area (Å²) in [4.78, 5) is 18.7. The van der Waals surface area contributed by atoms with Crippen molar-refractivity contribution in [2.24, 2.45) is 5.92 Å². The fourth-order valence-corrected chi connectivity index (χ4v) is 5.08. The second-order valence-electron chi connectivity index (χ2n) is 8.19. The Morgan fingerprint density at radius 3 is 2.04 bits per heavy atom. The van der Waals surface area contributed by atoms with Crippen LogP contribution in [0.3, 0.4) is 0 Å². The summed E-state index contributed by atoms with van der Waals surface area (Å²) in [6, 6.07) is 2.12. The van der Waals surface area contributed by atoms with Crippen LogP contribution in [0.2, 0.25) is 0 Å². The van der Waals surface area contributed by atoms with Crippen molar-refractivity contribution in [1.82, 2.24) is 23.7 Å². The molecule has 2 heterocycles. The molecule has 2 saturated heterocycles. The minimum Gasteiger partial charge on any atom is -0.339 e. The standard InChI is InChI=1S/C18H34N6O3S/c1-15(2)17(13-19)22-7-9-23(10-8-22)18(25)14-21-5-11-24(12-6-21)28(26,27)20-16(3)4/h15-17,20H,5-12,14H2,1-4H3/t17-/m1/s1. The molecule has 0 radical (unpaired) electrons. The van der Waals surface area contributed by atoms with Crippen LogP contribution in [0.25, 0.3) is 0 Å². The Bertz CT molecular complexity index is 659. The van der Waals surface area contributed by atoms with Gasteiger partial charge in [0, 0.05) is 58.4 Å². The van der Waals surface area contributed by atoms with Crippen LogP contribution in [0, 0.1) is 17.2 Å². The van der Waals surface area contributed by atoms with Gasteiger partial charge < -0.3 is 4.90 Å². The minimum atomic E-state index is -3.45. The summed E-state index contributed by atoms with van der Waals surface area (Å²) in [7, 11) is -3.45. The first kappa shape index (κ1) is 23.0. The fourth-order valence-electron chi connectivity index (χ4n) is 3.69. The molecule has 0 bridgehead atoms. The second kappa shape index (κ2) is 9.98. The maximum atomic E-state index is 12.6. The van der Waals surface area contributed by atoms with Crippen molar-refractivity contribution in [1.29, 1.82) is 5.26 Å². The molecule has 2 aliphatic heterocycles. The smallest absolute Gasteiger partial charge is 0.279 e. The van der Waals surface area contributed by atoms with Gasteiger partial charge in [0.1, 0.15) is 6.04 Å². The van der Waals surface area contributed by atoms with Crippen LogP contribution in [0.5, 0.6) is 0 Å². The van der Waals surface area contributed by atoms with Crippen molar-refractivity contribution in [3.05, 3.63) is 0 Å². The average Bonchev–Trinajstić information content (AvgIpc) is 2.62. The molecule has 2 fully saturated rings. The molecule has 10 heteroatoms. The van der Waals surface area contributed by atoms with Gasteiger partial charge in [0.25, 0.3) is 10.2 Å². The van der Waals surface area contributed by atoms with Gasteiger partial charge >= 0.3 is 0 Å². The molecule has 0 aromatic carbocycles. The highest BCUT2D eigenvalue weighted by atomic mass is 32.2. The summed E-state index contributed by atoms with van der Waals surface area (Å²) in [5.74, 6) is 0.347. The highest BCUT2D eigenvalue weighted by molar-refractivity contribution is 7.87. The minimum absolute atomic E-state index is 0.0781. The van der Waals surface area contributed by atoms with E-state index in [0.29, 0.717) is 45.8 Å². The third-order valence-corrected chi connectivity index (χ3v) is 7.05. The van der Waals surface area contributed by atoms with Gasteiger partial charge in [-0.05, 0) is 19.8 Å². The first-order valence-electron chi connectivity index (χ1n) is 10.0. The molecule has 0 saturated carbocycles. The molecule has 0 spiro atoms. The SMILES string of the molecule is CC(C)NS(=O)(=O)N1CCN(CC(=O)N2CCN([C@H](C#N)C(C)C)CC2)CC1. The Morgan fingerprint density at radius 1 is 1.00 bits per heavy atom. The van der Waals surface area contributed by atoms with Crippen molar-refractivity contribution < 1.29 is 13.2 Å². The van der Waals surface area contributed by atoms with Gasteiger partial charge in [-0.25, -0.2) is 0 Å². The van der Waals surface area contributed by atoms with Crippen molar-refractivity contribution in [2.45, 2.75) is 39.8 Å². The molecule has 0 unspecified atom stereocenters. The molecule has 1 N–H and O–H groups in total. The van der Waals surface area contributed by atoms with E-state index in [1.807, 2.05) is 23.6 Å². The number of carbonyl (C=O) groups is 1. The quantitative estimate of drug-likeness (QED) is 0.605. The van der Waals surface area contributed by atoms with Crippen LogP contribution in [0.1, 0.15) is 27.7 Å². The number of nitriles is 1. The Hall–Kier alpha value is -1.25. The van der Waals surface area contributed by atoms with Crippen molar-refractivity contribution in [3.8, 4) is 6.07 Å². The zero-order valence-corrected chi connectivity index (χ0v) is 18.3. The number of rotatable bonds is 7. The lowest BCUT2D eigenvalue weighted by atomic mass is 10.0. The Balaban J connectivity index is 1.77. The first-order valence-corrected chi connectivity index (χ1v) is 11.5. The average molecular weight is 415 g/mol. The first-order chi connectivity index (χ1) is 13.1. The predicted octanol–water partition coefficient (Wildman–Crippen LogP) is -0.461. The van der Waals surface area contributed by atoms with Gasteiger partial charge in [-0.15, -0.1) is 0 Å². The number of hydrogen-bond acceptors (Lipinski definition) is 6. The van der Waals surface area contributed by atoms with Crippen molar-refractivity contribution in [3.63, 3.8) is 0 Å². The molecule has 1 amide bonds. The maximum absolute atomic E-state index is 12.6. The molecule has 160 valence electrons. The monoisotopic (exact) mass is 414 g/mol. The van der Waals surface area contributed by atoms with E-state index in [-0.39, 0.29) is 23.9 Å². The summed E-state index contributed by atoms with van der Waals surface area (Å²) >= 11 is 0. The van der Waals surface area contributed by atoms with Crippen LogP contribution >= 0.6 is 0 Å². The number of nitrogens with one attached hydrogen (secondary N) is 1. The fraction of sp³-hybridized carbons (Fsp3) is 0.889. The van der Waals surface area contributed by atoms with Gasteiger partial charge in [-0.2, -0.15) is 22.7 Å². The lowest BCUT2D eigenvalue weighted by molar-refractivity contribution is -0.134. The van der Waals surface area contributed by atoms with Gasteiger partial charge in [0.15, 0.2) is 0 Å². The van der Waals surface area contributed by atoms with E-state index in [9.17, 15) is 18.5 Å². The maximum Gasteiger partial charge on any atom is 0.279 e. The van der Waals surface area contributed by atoms with Crippen LogP contribution in [0.15, 0.2) is 0 Å². The predicted molar refractivity (Wildman–Crippen MR) is 108 cm³/mol. The van der Waals surface area contributed by atoms with E-state index in [1.54, 1.807) is 13.8 Å². The van der Waals surface area contributed by atoms with Gasteiger partial charge in [-0.1, -0.05) is 13.8 Å². The van der Waals surface area contributed by atoms with E-state index in [0.717, 1.165) is 13.1 Å². The normalized spacial score (nSPS) is 21.8. The summed E-state index contributed by atoms with van der Waals surface area (Å²) in [6.07, 6.45) is 0. The molecule has 0 aromatic rings. The second-order valence-corrected chi connectivity index (χ2v) is 9.89. The van der Waals surface area contributed by atoms with Crippen LogP contribution in [-0.2, 0) is 15.0 Å². The molecule has 0 aliphatic carbocycles. The van der Waals surface area contributed by atoms with E-state index < -0.39 is 10.2 Å². The van der Waals surface area contributed by atoms with Gasteiger partial charge in [0.2, 0.25) is 5.91 Å². The van der Waals surface area contributed by atoms with E-state index >= 15 is 0 Å². The van der Waals surface area contributed by atoms with Gasteiger partial charge in [0.05, 0.1) is 12.6 Å². The van der Waals surface area contributed by atoms with Crippen LogP contribution in [0.4, 0.5) is 0 Å². The van der Waals surface area contributed by atoms with E-state index in [2.05, 4.69) is 15.7 Å². The van der Waals surface area contributed by atoms with Crippen molar-refractivity contribution >= 4 is 16.1 Å². The van der Waals surface area contributed by atoms with Crippen molar-refractivity contribution in [2.75, 3.05) is 58.9 Å². The number of nitrogens with zero attached hydrogens (tertiary/aromatic N) is 5. The zero-order valence-electron chi connectivity index (χ0n) is 17.5. The molecule has 9 nitrogen and oxygen atoms in total. The number of amides is 1. The number of hydrogen-bond donors (Lipinski definition) is 1. The summed E-state index contributed by atoms with van der Waals surface area (Å²) < 4.78 is 28.5. The summed E-state index contributed by atoms with van der Waals surface area (Å²) in [5.41, 5.74) is 0. The Morgan fingerprint density at radius 2 is 1.57 bits per heavy atom. The van der Waals surface area contributed by atoms with Crippen LogP contribution in [-0.4, -0.2) is 104 Å². The van der Waals surface area contributed by atoms with E-state index in [4.69, 9.17) is 0 Å². The Labute approximate surface area is 169 Å². The molecular formula is C18H34N6O3S. The number of piperazine rings is 2. The molecule has 0 aromatic heterocycles. The molecule has 28 heavy (non-hydrogen) atoms. The van der Waals surface area contributed by atoms with E-state index in [1.165, 1.54) is 4.31 Å². The highest BCUT2D eigenvalue weighted by Gasteiger charge is 2.31. The zero-order chi connectivity index (χ0) is 20.9. The molecular weight excluding hydrogens is 380 g/mol. The third-order valence-electron chi connectivity index (χ3n) is 5.24.